The minimum Gasteiger partial charge on any atom is -0.352 e. The van der Waals surface area contributed by atoms with Gasteiger partial charge in [-0.3, -0.25) is 14.6 Å². The molecule has 2 aliphatic rings. The summed E-state index contributed by atoms with van der Waals surface area (Å²) in [6, 6.07) is 12.4. The van der Waals surface area contributed by atoms with Crippen LogP contribution in [0.15, 0.2) is 61.4 Å². The van der Waals surface area contributed by atoms with Crippen molar-refractivity contribution in [1.82, 2.24) is 15.2 Å². The van der Waals surface area contributed by atoms with Crippen LogP contribution >= 0.6 is 0 Å². The van der Waals surface area contributed by atoms with E-state index in [1.54, 1.807) is 18.5 Å². The number of piperidine rings is 1. The Morgan fingerprint density at radius 3 is 2.66 bits per heavy atom. The van der Waals surface area contributed by atoms with Crippen molar-refractivity contribution < 1.29 is 9.59 Å². The van der Waals surface area contributed by atoms with Crippen molar-refractivity contribution in [1.29, 1.82) is 0 Å². The maximum absolute atomic E-state index is 13.4. The molecule has 2 fully saturated rings. The van der Waals surface area contributed by atoms with Crippen molar-refractivity contribution in [3.05, 3.63) is 67.0 Å². The fraction of sp³-hybridized carbons (Fsp3) is 0.444. The van der Waals surface area contributed by atoms with Crippen molar-refractivity contribution in [3.8, 4) is 11.1 Å². The molecule has 0 bridgehead atoms. The average Bonchev–Trinajstić information content (AvgIpc) is 3.38. The number of nitrogens with zero attached hydrogens (tertiary/aromatic N) is 2. The number of amides is 2. The molecule has 1 aliphatic carbocycles. The van der Waals surface area contributed by atoms with Gasteiger partial charge in [-0.25, -0.2) is 0 Å². The Labute approximate surface area is 190 Å². The topological polar surface area (TPSA) is 62.3 Å². The van der Waals surface area contributed by atoms with E-state index in [9.17, 15) is 9.59 Å². The number of benzene rings is 1. The van der Waals surface area contributed by atoms with Crippen molar-refractivity contribution in [2.75, 3.05) is 19.6 Å². The summed E-state index contributed by atoms with van der Waals surface area (Å²) in [6.45, 7) is 5.42. The van der Waals surface area contributed by atoms with Crippen LogP contribution < -0.4 is 5.32 Å². The van der Waals surface area contributed by atoms with E-state index in [4.69, 9.17) is 0 Å². The molecule has 5 nitrogen and oxygen atoms in total. The molecule has 1 saturated carbocycles. The number of carbonyl (C=O) groups is 2. The van der Waals surface area contributed by atoms with Crippen molar-refractivity contribution in [2.24, 2.45) is 11.3 Å². The summed E-state index contributed by atoms with van der Waals surface area (Å²) in [5, 5.41) is 3.04. The van der Waals surface area contributed by atoms with E-state index in [2.05, 4.69) is 35.1 Å². The van der Waals surface area contributed by atoms with Gasteiger partial charge in [0.25, 0.3) is 0 Å². The predicted octanol–water partition coefficient (Wildman–Crippen LogP) is 4.39. The van der Waals surface area contributed by atoms with Gasteiger partial charge in [0.2, 0.25) is 11.8 Å². The van der Waals surface area contributed by atoms with E-state index in [-0.39, 0.29) is 17.7 Å². The molecular weight excluding hydrogens is 398 g/mol. The molecule has 2 amide bonds. The van der Waals surface area contributed by atoms with Crippen LogP contribution in [0.25, 0.3) is 11.1 Å². The number of likely N-dealkylation sites (tertiary alicyclic amines) is 1. The molecule has 1 aromatic heterocycles. The molecule has 168 valence electrons. The maximum atomic E-state index is 13.4. The lowest BCUT2D eigenvalue weighted by atomic mass is 9.73. The van der Waals surface area contributed by atoms with Gasteiger partial charge in [0.05, 0.1) is 5.41 Å². The Hall–Kier alpha value is -2.95. The van der Waals surface area contributed by atoms with Crippen molar-refractivity contribution >= 4 is 11.8 Å². The molecule has 32 heavy (non-hydrogen) atoms. The third kappa shape index (κ3) is 4.93. The van der Waals surface area contributed by atoms with Crippen molar-refractivity contribution in [3.63, 3.8) is 0 Å². The first-order valence-electron chi connectivity index (χ1n) is 11.8. The van der Waals surface area contributed by atoms with Crippen LogP contribution in [-0.2, 0) is 16.0 Å². The summed E-state index contributed by atoms with van der Waals surface area (Å²) in [7, 11) is 0. The second-order valence-corrected chi connectivity index (χ2v) is 9.24. The molecule has 2 heterocycles. The van der Waals surface area contributed by atoms with Gasteiger partial charge < -0.3 is 10.2 Å². The average molecular weight is 432 g/mol. The third-order valence-corrected chi connectivity index (χ3v) is 6.96. The molecule has 0 unspecified atom stereocenters. The Bertz CT molecular complexity index is 952. The first kappa shape index (κ1) is 22.3. The SMILES string of the molecule is C=CCNC(=O)[C@@]1(Cc2cccc(-c3ccncc3)c2)CCCN(C(=O)C2CCCC2)C1. The van der Waals surface area contributed by atoms with Crippen LogP contribution in [0.5, 0.6) is 0 Å². The molecule has 0 spiro atoms. The highest BCUT2D eigenvalue weighted by Crippen LogP contribution is 2.37. The van der Waals surface area contributed by atoms with E-state index in [1.807, 2.05) is 23.1 Å². The number of hydrogen-bond acceptors (Lipinski definition) is 3. The Balaban J connectivity index is 1.60. The Kier molecular flexibility index (Phi) is 7.03. The third-order valence-electron chi connectivity index (χ3n) is 6.96. The molecular formula is C27H33N3O2. The lowest BCUT2D eigenvalue weighted by Gasteiger charge is -2.42. The monoisotopic (exact) mass is 431 g/mol. The molecule has 1 atom stereocenters. The number of rotatable bonds is 7. The standard InChI is InChI=1S/C27H33N3O2/c1-2-14-29-26(32)27(13-6-17-30(20-27)25(31)23-8-3-4-9-23)19-21-7-5-10-24(18-21)22-11-15-28-16-12-22/h2,5,7,10-12,15-16,18,23H,1,3-4,6,8-9,13-14,17,19-20H2,(H,29,32)/t27-/m1/s1. The number of aromatic nitrogens is 1. The molecule has 0 radical (unpaired) electrons. The van der Waals surface area contributed by atoms with Crippen LogP contribution in [0.1, 0.15) is 44.1 Å². The summed E-state index contributed by atoms with van der Waals surface area (Å²) < 4.78 is 0. The van der Waals surface area contributed by atoms with E-state index in [1.165, 1.54) is 0 Å². The van der Waals surface area contributed by atoms with Gasteiger partial charge in [-0.2, -0.15) is 0 Å². The quantitative estimate of drug-likeness (QED) is 0.661. The maximum Gasteiger partial charge on any atom is 0.228 e. The van der Waals surface area contributed by atoms with Gasteiger partial charge >= 0.3 is 0 Å². The van der Waals surface area contributed by atoms with Crippen LogP contribution in [-0.4, -0.2) is 41.3 Å². The Morgan fingerprint density at radius 1 is 1.12 bits per heavy atom. The molecule has 5 heteroatoms. The van der Waals surface area contributed by atoms with E-state index < -0.39 is 5.41 Å². The molecule has 2 aromatic rings. The summed E-state index contributed by atoms with van der Waals surface area (Å²) in [6.07, 6.45) is 11.8. The van der Waals surface area contributed by atoms with Gasteiger partial charge in [0, 0.05) is 37.9 Å². The van der Waals surface area contributed by atoms with E-state index >= 15 is 0 Å². The smallest absolute Gasteiger partial charge is 0.228 e. The fourth-order valence-corrected chi connectivity index (χ4v) is 5.31. The normalized spacial score (nSPS) is 21.3. The number of nitrogens with one attached hydrogen (secondary N) is 1. The zero-order valence-corrected chi connectivity index (χ0v) is 18.8. The summed E-state index contributed by atoms with van der Waals surface area (Å²) in [4.78, 5) is 32.7. The lowest BCUT2D eigenvalue weighted by Crippen LogP contribution is -2.55. The van der Waals surface area contributed by atoms with Gasteiger partial charge in [-0.1, -0.05) is 43.2 Å². The van der Waals surface area contributed by atoms with Crippen LogP contribution in [0.2, 0.25) is 0 Å². The van der Waals surface area contributed by atoms with Gasteiger partial charge in [-0.15, -0.1) is 6.58 Å². The van der Waals surface area contributed by atoms with Gasteiger partial charge in [0.15, 0.2) is 0 Å². The number of hydrogen-bond donors (Lipinski definition) is 1. The summed E-state index contributed by atoms with van der Waals surface area (Å²) >= 11 is 0. The minimum absolute atomic E-state index is 0.0237. The lowest BCUT2D eigenvalue weighted by molar-refractivity contribution is -0.144. The zero-order valence-electron chi connectivity index (χ0n) is 18.8. The first-order valence-corrected chi connectivity index (χ1v) is 11.8. The zero-order chi connectivity index (χ0) is 22.4. The van der Waals surface area contributed by atoms with Crippen LogP contribution in [0.3, 0.4) is 0 Å². The van der Waals surface area contributed by atoms with Crippen LogP contribution in [0.4, 0.5) is 0 Å². The summed E-state index contributed by atoms with van der Waals surface area (Å²) in [5.74, 6) is 0.404. The van der Waals surface area contributed by atoms with Gasteiger partial charge in [-0.05, 0) is 60.9 Å². The fourth-order valence-electron chi connectivity index (χ4n) is 5.31. The Morgan fingerprint density at radius 2 is 1.91 bits per heavy atom. The summed E-state index contributed by atoms with van der Waals surface area (Å²) in [5.41, 5.74) is 2.71. The highest BCUT2D eigenvalue weighted by atomic mass is 16.2. The highest BCUT2D eigenvalue weighted by molar-refractivity contribution is 5.85. The predicted molar refractivity (Wildman–Crippen MR) is 127 cm³/mol. The molecule has 4 rings (SSSR count). The van der Waals surface area contributed by atoms with Crippen LogP contribution in [0, 0.1) is 11.3 Å². The largest absolute Gasteiger partial charge is 0.352 e. The van der Waals surface area contributed by atoms with Gasteiger partial charge in [0.1, 0.15) is 0 Å². The molecule has 1 N–H and O–H groups in total. The highest BCUT2D eigenvalue weighted by Gasteiger charge is 2.44. The minimum atomic E-state index is -0.619. The van der Waals surface area contributed by atoms with E-state index in [0.717, 1.165) is 61.8 Å². The van der Waals surface area contributed by atoms with E-state index in [0.29, 0.717) is 19.5 Å². The number of carbonyl (C=O) groups excluding carboxylic acids is 2. The van der Waals surface area contributed by atoms with Crippen molar-refractivity contribution in [2.45, 2.75) is 44.9 Å². The second-order valence-electron chi connectivity index (χ2n) is 9.24. The first-order chi connectivity index (χ1) is 15.6. The number of pyridine rings is 1. The molecule has 1 aromatic carbocycles. The molecule has 1 aliphatic heterocycles. The second kappa shape index (κ2) is 10.1. The molecule has 1 saturated heterocycles.